The van der Waals surface area contributed by atoms with Crippen molar-refractivity contribution in [3.63, 3.8) is 0 Å². The summed E-state index contributed by atoms with van der Waals surface area (Å²) in [6.45, 7) is 3.06. The molecule has 0 atom stereocenters. The summed E-state index contributed by atoms with van der Waals surface area (Å²) in [5, 5.41) is 0. The average Bonchev–Trinajstić information content (AvgIpc) is 2.84. The monoisotopic (exact) mass is 336 g/mol. The fourth-order valence-corrected chi connectivity index (χ4v) is 3.29. The van der Waals surface area contributed by atoms with Crippen LogP contribution in [0.4, 0.5) is 5.95 Å². The molecule has 7 nitrogen and oxygen atoms in total. The number of amides is 1. The Morgan fingerprint density at radius 3 is 2.68 bits per heavy atom. The van der Waals surface area contributed by atoms with Crippen LogP contribution in [0.2, 0.25) is 0 Å². The molecule has 1 aliphatic rings. The van der Waals surface area contributed by atoms with Crippen LogP contribution in [0.3, 0.4) is 0 Å². The van der Waals surface area contributed by atoms with Crippen LogP contribution in [0, 0.1) is 0 Å². The Morgan fingerprint density at radius 1 is 1.04 bits per heavy atom. The van der Waals surface area contributed by atoms with Crippen molar-refractivity contribution in [3.05, 3.63) is 48.4 Å². The predicted molar refractivity (Wildman–Crippen MR) is 95.5 cm³/mol. The molecule has 1 amide bonds. The number of nitrogens with zero attached hydrogens (tertiary/aromatic N) is 6. The number of carbonyl (C=O) groups is 1. The van der Waals surface area contributed by atoms with E-state index in [0.29, 0.717) is 12.1 Å². The van der Waals surface area contributed by atoms with Crippen LogP contribution in [0.15, 0.2) is 42.9 Å². The molecule has 128 valence electrons. The zero-order chi connectivity index (χ0) is 17.2. The minimum Gasteiger partial charge on any atom is -0.340 e. The van der Waals surface area contributed by atoms with Crippen molar-refractivity contribution in [2.24, 2.45) is 7.05 Å². The van der Waals surface area contributed by atoms with Gasteiger partial charge in [0, 0.05) is 57.4 Å². The molecule has 0 N–H and O–H groups in total. The molecule has 0 saturated carbocycles. The molecule has 1 aliphatic heterocycles. The van der Waals surface area contributed by atoms with Gasteiger partial charge in [-0.1, -0.05) is 0 Å². The van der Waals surface area contributed by atoms with Gasteiger partial charge in [0.2, 0.25) is 5.95 Å². The van der Waals surface area contributed by atoms with Gasteiger partial charge in [-0.2, -0.15) is 0 Å². The highest BCUT2D eigenvalue weighted by Crippen LogP contribution is 2.21. The lowest BCUT2D eigenvalue weighted by Gasteiger charge is -2.22. The number of imidazole rings is 1. The van der Waals surface area contributed by atoms with Crippen molar-refractivity contribution >= 4 is 23.0 Å². The van der Waals surface area contributed by atoms with Gasteiger partial charge in [-0.25, -0.2) is 9.97 Å². The van der Waals surface area contributed by atoms with Gasteiger partial charge in [-0.3, -0.25) is 14.3 Å². The molecule has 3 aromatic heterocycles. The van der Waals surface area contributed by atoms with Crippen molar-refractivity contribution in [2.75, 3.05) is 31.1 Å². The molecule has 25 heavy (non-hydrogen) atoms. The smallest absolute Gasteiger partial charge is 0.254 e. The SMILES string of the molecule is Cn1c(N2CCCN(C(=O)c3ccncc3)CC2)nc2cccnc21. The highest BCUT2D eigenvalue weighted by atomic mass is 16.2. The van der Waals surface area contributed by atoms with Crippen LogP contribution >= 0.6 is 0 Å². The van der Waals surface area contributed by atoms with Gasteiger partial charge in [0.05, 0.1) is 0 Å². The Hall–Kier alpha value is -2.96. The molecule has 0 aromatic carbocycles. The van der Waals surface area contributed by atoms with Crippen LogP contribution < -0.4 is 4.90 Å². The molecule has 3 aromatic rings. The lowest BCUT2D eigenvalue weighted by atomic mass is 10.2. The predicted octanol–water partition coefficient (Wildman–Crippen LogP) is 1.72. The number of hydrogen-bond acceptors (Lipinski definition) is 5. The summed E-state index contributed by atoms with van der Waals surface area (Å²) in [6, 6.07) is 7.41. The first-order valence-electron chi connectivity index (χ1n) is 8.46. The number of hydrogen-bond donors (Lipinski definition) is 0. The van der Waals surface area contributed by atoms with E-state index >= 15 is 0 Å². The summed E-state index contributed by atoms with van der Waals surface area (Å²) in [6.07, 6.45) is 6.01. The van der Waals surface area contributed by atoms with E-state index in [2.05, 4.69) is 14.9 Å². The van der Waals surface area contributed by atoms with E-state index in [4.69, 9.17) is 4.98 Å². The fourth-order valence-electron chi connectivity index (χ4n) is 3.29. The number of pyridine rings is 2. The third-order valence-electron chi connectivity index (χ3n) is 4.60. The summed E-state index contributed by atoms with van der Waals surface area (Å²) in [5.41, 5.74) is 2.47. The Bertz CT molecular complexity index is 891. The van der Waals surface area contributed by atoms with Crippen LogP contribution in [-0.2, 0) is 7.05 Å². The first kappa shape index (κ1) is 15.6. The van der Waals surface area contributed by atoms with Gasteiger partial charge in [-0.05, 0) is 30.7 Å². The topological polar surface area (TPSA) is 67.2 Å². The summed E-state index contributed by atoms with van der Waals surface area (Å²) in [5.74, 6) is 0.975. The van der Waals surface area contributed by atoms with E-state index in [0.717, 1.165) is 43.2 Å². The molecule has 4 heterocycles. The highest BCUT2D eigenvalue weighted by molar-refractivity contribution is 5.94. The molecule has 1 fully saturated rings. The van der Waals surface area contributed by atoms with Gasteiger partial charge in [0.1, 0.15) is 5.52 Å². The van der Waals surface area contributed by atoms with Gasteiger partial charge >= 0.3 is 0 Å². The van der Waals surface area contributed by atoms with Crippen LogP contribution in [0.5, 0.6) is 0 Å². The standard InChI is InChI=1S/C18H20N6O/c1-22-16-15(4-2-7-20-16)21-18(22)24-11-3-10-23(12-13-24)17(25)14-5-8-19-9-6-14/h2,4-9H,3,10-13H2,1H3. The van der Waals surface area contributed by atoms with E-state index in [1.807, 2.05) is 28.6 Å². The zero-order valence-electron chi connectivity index (χ0n) is 14.2. The molecule has 4 rings (SSSR count). The molecular weight excluding hydrogens is 316 g/mol. The Kier molecular flexibility index (Phi) is 4.05. The summed E-state index contributed by atoms with van der Waals surface area (Å²) >= 11 is 0. The van der Waals surface area contributed by atoms with E-state index in [-0.39, 0.29) is 5.91 Å². The Labute approximate surface area is 145 Å². The second-order valence-corrected chi connectivity index (χ2v) is 6.19. The average molecular weight is 336 g/mol. The van der Waals surface area contributed by atoms with E-state index in [9.17, 15) is 4.79 Å². The second kappa shape index (κ2) is 6.51. The first-order valence-corrected chi connectivity index (χ1v) is 8.46. The fraction of sp³-hybridized carbons (Fsp3) is 0.333. The lowest BCUT2D eigenvalue weighted by Crippen LogP contribution is -2.35. The molecule has 1 saturated heterocycles. The molecular formula is C18H20N6O. The van der Waals surface area contributed by atoms with Crippen LogP contribution in [0.1, 0.15) is 16.8 Å². The van der Waals surface area contributed by atoms with Gasteiger partial charge < -0.3 is 9.80 Å². The molecule has 0 unspecified atom stereocenters. The number of carbonyl (C=O) groups excluding carboxylic acids is 1. The zero-order valence-corrected chi connectivity index (χ0v) is 14.2. The van der Waals surface area contributed by atoms with Crippen molar-refractivity contribution < 1.29 is 4.79 Å². The largest absolute Gasteiger partial charge is 0.340 e. The molecule has 7 heteroatoms. The number of fused-ring (bicyclic) bond motifs is 1. The molecule has 0 aliphatic carbocycles. The van der Waals surface area contributed by atoms with Crippen molar-refractivity contribution in [3.8, 4) is 0 Å². The Morgan fingerprint density at radius 2 is 1.88 bits per heavy atom. The second-order valence-electron chi connectivity index (χ2n) is 6.19. The normalized spacial score (nSPS) is 15.4. The maximum absolute atomic E-state index is 12.7. The van der Waals surface area contributed by atoms with Crippen molar-refractivity contribution in [2.45, 2.75) is 6.42 Å². The summed E-state index contributed by atoms with van der Waals surface area (Å²) < 4.78 is 2.02. The quantitative estimate of drug-likeness (QED) is 0.713. The van der Waals surface area contributed by atoms with Crippen molar-refractivity contribution in [1.82, 2.24) is 24.4 Å². The number of aryl methyl sites for hydroxylation is 1. The summed E-state index contributed by atoms with van der Waals surface area (Å²) in [7, 11) is 1.99. The summed E-state index contributed by atoms with van der Waals surface area (Å²) in [4.78, 5) is 29.9. The third-order valence-corrected chi connectivity index (χ3v) is 4.60. The Balaban J connectivity index is 1.53. The van der Waals surface area contributed by atoms with E-state index in [1.54, 1.807) is 30.7 Å². The lowest BCUT2D eigenvalue weighted by molar-refractivity contribution is 0.0767. The highest BCUT2D eigenvalue weighted by Gasteiger charge is 2.23. The van der Waals surface area contributed by atoms with Crippen molar-refractivity contribution in [1.29, 1.82) is 0 Å². The number of rotatable bonds is 2. The van der Waals surface area contributed by atoms with Gasteiger partial charge in [0.25, 0.3) is 5.91 Å². The number of aromatic nitrogens is 4. The minimum absolute atomic E-state index is 0.0657. The molecule has 0 radical (unpaired) electrons. The maximum atomic E-state index is 12.7. The molecule has 0 spiro atoms. The van der Waals surface area contributed by atoms with E-state index in [1.165, 1.54) is 0 Å². The van der Waals surface area contributed by atoms with Crippen LogP contribution in [-0.4, -0.2) is 56.5 Å². The minimum atomic E-state index is 0.0657. The number of anilines is 1. The van der Waals surface area contributed by atoms with Gasteiger partial charge in [0.15, 0.2) is 5.65 Å². The maximum Gasteiger partial charge on any atom is 0.254 e. The van der Waals surface area contributed by atoms with Crippen LogP contribution in [0.25, 0.3) is 11.2 Å². The third kappa shape index (κ3) is 2.93. The first-order chi connectivity index (χ1) is 12.2. The van der Waals surface area contributed by atoms with Gasteiger partial charge in [-0.15, -0.1) is 0 Å². The molecule has 0 bridgehead atoms. The van der Waals surface area contributed by atoms with E-state index < -0.39 is 0 Å².